The van der Waals surface area contributed by atoms with Gasteiger partial charge in [0.15, 0.2) is 5.82 Å². The Balaban J connectivity index is 0.000000671. The van der Waals surface area contributed by atoms with Crippen LogP contribution in [0.1, 0.15) is 19.4 Å². The number of nitrogens with zero attached hydrogens (tertiary/aromatic N) is 2. The molecule has 1 rings (SSSR count). The van der Waals surface area contributed by atoms with Crippen molar-refractivity contribution in [1.82, 2.24) is 4.98 Å². The predicted octanol–water partition coefficient (Wildman–Crippen LogP) is 3.30. The molecule has 0 unspecified atom stereocenters. The molecular formula is C11H16N2. The fourth-order valence-corrected chi connectivity index (χ4v) is 0.736. The van der Waals surface area contributed by atoms with Crippen molar-refractivity contribution in [2.45, 2.75) is 20.8 Å². The van der Waals surface area contributed by atoms with Crippen molar-refractivity contribution in [2.75, 3.05) is 0 Å². The summed E-state index contributed by atoms with van der Waals surface area (Å²) < 4.78 is 0. The molecule has 0 N–H and O–H groups in total. The van der Waals surface area contributed by atoms with Crippen LogP contribution in [0.25, 0.3) is 0 Å². The van der Waals surface area contributed by atoms with Crippen LogP contribution in [0.4, 0.5) is 5.82 Å². The Bertz CT molecular complexity index is 277. The molecule has 0 aromatic carbocycles. The Morgan fingerprint density at radius 3 is 2.69 bits per heavy atom. The zero-order valence-electron chi connectivity index (χ0n) is 8.49. The summed E-state index contributed by atoms with van der Waals surface area (Å²) in [6.45, 7) is 9.50. The molecule has 0 bridgehead atoms. The van der Waals surface area contributed by atoms with Crippen LogP contribution in [0, 0.1) is 6.92 Å². The SMILES string of the molecule is C=C/C=N\c1ncccc1C.CC. The zero-order valence-corrected chi connectivity index (χ0v) is 8.49. The number of pyridine rings is 1. The minimum Gasteiger partial charge on any atom is -0.237 e. The van der Waals surface area contributed by atoms with Gasteiger partial charge in [-0.05, 0) is 18.6 Å². The lowest BCUT2D eigenvalue weighted by Crippen LogP contribution is -1.77. The molecule has 0 spiro atoms. The van der Waals surface area contributed by atoms with Crippen molar-refractivity contribution < 1.29 is 0 Å². The van der Waals surface area contributed by atoms with E-state index in [0.29, 0.717) is 0 Å². The largest absolute Gasteiger partial charge is 0.237 e. The lowest BCUT2D eigenvalue weighted by atomic mass is 10.3. The second-order valence-electron chi connectivity index (χ2n) is 2.16. The third-order valence-electron chi connectivity index (χ3n) is 1.28. The van der Waals surface area contributed by atoms with Crippen LogP contribution in [0.5, 0.6) is 0 Å². The van der Waals surface area contributed by atoms with Crippen LogP contribution in [-0.2, 0) is 0 Å². The van der Waals surface area contributed by atoms with Crippen LogP contribution in [0.2, 0.25) is 0 Å². The maximum Gasteiger partial charge on any atom is 0.154 e. The highest BCUT2D eigenvalue weighted by atomic mass is 14.9. The van der Waals surface area contributed by atoms with E-state index in [0.717, 1.165) is 11.4 Å². The van der Waals surface area contributed by atoms with Gasteiger partial charge in [-0.1, -0.05) is 32.6 Å². The third kappa shape index (κ3) is 4.21. The molecule has 0 aliphatic heterocycles. The van der Waals surface area contributed by atoms with Gasteiger partial charge in [0, 0.05) is 12.4 Å². The first-order valence-electron chi connectivity index (χ1n) is 4.41. The topological polar surface area (TPSA) is 25.2 Å². The van der Waals surface area contributed by atoms with E-state index in [2.05, 4.69) is 16.6 Å². The van der Waals surface area contributed by atoms with E-state index >= 15 is 0 Å². The van der Waals surface area contributed by atoms with E-state index in [1.165, 1.54) is 0 Å². The maximum atomic E-state index is 4.07. The van der Waals surface area contributed by atoms with Crippen molar-refractivity contribution in [2.24, 2.45) is 4.99 Å². The number of aryl methyl sites for hydroxylation is 1. The Kier molecular flexibility index (Phi) is 6.42. The smallest absolute Gasteiger partial charge is 0.154 e. The lowest BCUT2D eigenvalue weighted by molar-refractivity contribution is 1.23. The van der Waals surface area contributed by atoms with Crippen LogP contribution < -0.4 is 0 Å². The van der Waals surface area contributed by atoms with Gasteiger partial charge in [-0.15, -0.1) is 0 Å². The zero-order chi connectivity index (χ0) is 10.1. The van der Waals surface area contributed by atoms with Gasteiger partial charge >= 0.3 is 0 Å². The molecule has 0 aliphatic rings. The molecule has 0 aliphatic carbocycles. The Hall–Kier alpha value is -1.44. The monoisotopic (exact) mass is 176 g/mol. The summed E-state index contributed by atoms with van der Waals surface area (Å²) in [6, 6.07) is 3.87. The average molecular weight is 176 g/mol. The van der Waals surface area contributed by atoms with Gasteiger partial charge in [-0.3, -0.25) is 0 Å². The van der Waals surface area contributed by atoms with E-state index in [1.54, 1.807) is 18.5 Å². The molecule has 2 nitrogen and oxygen atoms in total. The molecule has 1 heterocycles. The van der Waals surface area contributed by atoms with E-state index in [-0.39, 0.29) is 0 Å². The summed E-state index contributed by atoms with van der Waals surface area (Å²) in [5, 5.41) is 0. The summed E-state index contributed by atoms with van der Waals surface area (Å²) in [5.41, 5.74) is 1.07. The highest BCUT2D eigenvalue weighted by Gasteiger charge is 1.91. The number of hydrogen-bond acceptors (Lipinski definition) is 2. The summed E-state index contributed by atoms with van der Waals surface area (Å²) in [5.74, 6) is 0.757. The highest BCUT2D eigenvalue weighted by Crippen LogP contribution is 2.11. The van der Waals surface area contributed by atoms with Gasteiger partial charge in [0.2, 0.25) is 0 Å². The Labute approximate surface area is 80.1 Å². The molecule has 0 amide bonds. The second-order valence-corrected chi connectivity index (χ2v) is 2.16. The first-order chi connectivity index (χ1) is 6.34. The molecule has 0 fully saturated rings. The van der Waals surface area contributed by atoms with Crippen LogP contribution in [0.15, 0.2) is 36.0 Å². The van der Waals surface area contributed by atoms with Gasteiger partial charge in [-0.25, -0.2) is 9.98 Å². The second kappa shape index (κ2) is 7.22. The molecular weight excluding hydrogens is 160 g/mol. The maximum absolute atomic E-state index is 4.07. The molecule has 70 valence electrons. The number of allylic oxidation sites excluding steroid dienone is 1. The molecule has 1 aromatic rings. The Morgan fingerprint density at radius 1 is 1.46 bits per heavy atom. The normalized spacial score (nSPS) is 9.15. The minimum atomic E-state index is 0.757. The van der Waals surface area contributed by atoms with E-state index in [1.807, 2.05) is 32.9 Å². The summed E-state index contributed by atoms with van der Waals surface area (Å²) in [6.07, 6.45) is 4.99. The number of rotatable bonds is 2. The first-order valence-corrected chi connectivity index (χ1v) is 4.41. The van der Waals surface area contributed by atoms with Gasteiger partial charge < -0.3 is 0 Å². The molecule has 0 saturated carbocycles. The van der Waals surface area contributed by atoms with Crippen LogP contribution in [-0.4, -0.2) is 11.2 Å². The molecule has 13 heavy (non-hydrogen) atoms. The van der Waals surface area contributed by atoms with Crippen molar-refractivity contribution in [3.05, 3.63) is 36.5 Å². The van der Waals surface area contributed by atoms with Gasteiger partial charge in [-0.2, -0.15) is 0 Å². The lowest BCUT2D eigenvalue weighted by Gasteiger charge is -1.94. The minimum absolute atomic E-state index is 0.757. The average Bonchev–Trinajstić information content (AvgIpc) is 2.20. The van der Waals surface area contributed by atoms with Gasteiger partial charge in [0.25, 0.3) is 0 Å². The standard InChI is InChI=1S/C9H10N2.C2H6/c1-3-6-10-9-8(2)5-4-7-11-9;1-2/h3-7H,1H2,2H3;1-2H3/b10-6-;. The van der Waals surface area contributed by atoms with Crippen molar-refractivity contribution >= 4 is 12.0 Å². The van der Waals surface area contributed by atoms with Crippen LogP contribution in [0.3, 0.4) is 0 Å². The molecule has 1 aromatic heterocycles. The Morgan fingerprint density at radius 2 is 2.15 bits per heavy atom. The van der Waals surface area contributed by atoms with Gasteiger partial charge in [0.05, 0.1) is 0 Å². The van der Waals surface area contributed by atoms with Crippen molar-refractivity contribution in [3.8, 4) is 0 Å². The quantitative estimate of drug-likeness (QED) is 0.635. The molecule has 0 atom stereocenters. The van der Waals surface area contributed by atoms with E-state index < -0.39 is 0 Å². The fraction of sp³-hybridized carbons (Fsp3) is 0.273. The summed E-state index contributed by atoms with van der Waals surface area (Å²) in [4.78, 5) is 8.14. The molecule has 0 saturated heterocycles. The first kappa shape index (κ1) is 11.6. The van der Waals surface area contributed by atoms with Crippen LogP contribution >= 0.6 is 0 Å². The molecule has 0 radical (unpaired) electrons. The fourth-order valence-electron chi connectivity index (χ4n) is 0.736. The van der Waals surface area contributed by atoms with E-state index in [4.69, 9.17) is 0 Å². The van der Waals surface area contributed by atoms with Gasteiger partial charge in [0.1, 0.15) is 0 Å². The van der Waals surface area contributed by atoms with Crippen molar-refractivity contribution in [3.63, 3.8) is 0 Å². The van der Waals surface area contributed by atoms with E-state index in [9.17, 15) is 0 Å². The number of aliphatic imine (C=N–C) groups is 1. The highest BCUT2D eigenvalue weighted by molar-refractivity contribution is 5.73. The van der Waals surface area contributed by atoms with Crippen molar-refractivity contribution in [1.29, 1.82) is 0 Å². The number of aromatic nitrogens is 1. The summed E-state index contributed by atoms with van der Waals surface area (Å²) in [7, 11) is 0. The summed E-state index contributed by atoms with van der Waals surface area (Å²) >= 11 is 0. The predicted molar refractivity (Wildman–Crippen MR) is 58.7 cm³/mol. The number of hydrogen-bond donors (Lipinski definition) is 0. The molecule has 2 heteroatoms. The third-order valence-corrected chi connectivity index (χ3v) is 1.28.